The summed E-state index contributed by atoms with van der Waals surface area (Å²) >= 11 is 18.1. The lowest BCUT2D eigenvalue weighted by Crippen LogP contribution is -2.01. The second kappa shape index (κ2) is 6.30. The van der Waals surface area contributed by atoms with Gasteiger partial charge in [0, 0.05) is 15.1 Å². The molecule has 0 N–H and O–H groups in total. The zero-order valence-electron chi connectivity index (χ0n) is 9.91. The Bertz CT molecular complexity index is 632. The standard InChI is InChI=1S/C15H10Cl3N/c16-12-6-5-10(15(18)8-12)7-11(9-19)13-3-1-2-4-14(13)17/h1-6,8,11H,7H2/t11-/m0/s1. The van der Waals surface area contributed by atoms with Crippen LogP contribution >= 0.6 is 34.8 Å². The molecule has 0 unspecified atom stereocenters. The molecule has 2 rings (SSSR count). The molecule has 2 aromatic rings. The van der Waals surface area contributed by atoms with Gasteiger partial charge in [-0.25, -0.2) is 0 Å². The van der Waals surface area contributed by atoms with E-state index in [0.29, 0.717) is 21.5 Å². The van der Waals surface area contributed by atoms with E-state index >= 15 is 0 Å². The van der Waals surface area contributed by atoms with Gasteiger partial charge in [0.15, 0.2) is 0 Å². The third-order valence-electron chi connectivity index (χ3n) is 2.88. The maximum atomic E-state index is 9.33. The summed E-state index contributed by atoms with van der Waals surface area (Å²) in [7, 11) is 0. The van der Waals surface area contributed by atoms with E-state index in [1.165, 1.54) is 0 Å². The van der Waals surface area contributed by atoms with Gasteiger partial charge >= 0.3 is 0 Å². The zero-order valence-corrected chi connectivity index (χ0v) is 12.2. The number of hydrogen-bond acceptors (Lipinski definition) is 1. The van der Waals surface area contributed by atoms with Crippen LogP contribution in [0.3, 0.4) is 0 Å². The van der Waals surface area contributed by atoms with Gasteiger partial charge in [-0.05, 0) is 35.7 Å². The van der Waals surface area contributed by atoms with Crippen molar-refractivity contribution in [3.05, 3.63) is 68.7 Å². The van der Waals surface area contributed by atoms with Crippen molar-refractivity contribution in [2.24, 2.45) is 0 Å². The fraction of sp³-hybridized carbons (Fsp3) is 0.133. The third kappa shape index (κ3) is 3.42. The van der Waals surface area contributed by atoms with Crippen molar-refractivity contribution in [1.82, 2.24) is 0 Å². The highest BCUT2D eigenvalue weighted by molar-refractivity contribution is 6.35. The average molecular weight is 311 g/mol. The highest BCUT2D eigenvalue weighted by Crippen LogP contribution is 2.30. The van der Waals surface area contributed by atoms with E-state index < -0.39 is 0 Å². The quantitative estimate of drug-likeness (QED) is 0.734. The molecule has 0 saturated heterocycles. The molecule has 0 aromatic heterocycles. The monoisotopic (exact) mass is 309 g/mol. The summed E-state index contributed by atoms with van der Waals surface area (Å²) in [5, 5.41) is 11.1. The first-order valence-corrected chi connectivity index (χ1v) is 6.83. The number of nitrogens with zero attached hydrogens (tertiary/aromatic N) is 1. The predicted molar refractivity (Wildman–Crippen MR) is 80.0 cm³/mol. The molecule has 0 bridgehead atoms. The molecular weight excluding hydrogens is 301 g/mol. The van der Waals surface area contributed by atoms with Crippen LogP contribution in [0.25, 0.3) is 0 Å². The van der Waals surface area contributed by atoms with Crippen molar-refractivity contribution in [1.29, 1.82) is 5.26 Å². The summed E-state index contributed by atoms with van der Waals surface area (Å²) < 4.78 is 0. The highest BCUT2D eigenvalue weighted by Gasteiger charge is 2.16. The van der Waals surface area contributed by atoms with Gasteiger partial charge in [-0.15, -0.1) is 0 Å². The summed E-state index contributed by atoms with van der Waals surface area (Å²) in [6, 6.07) is 14.9. The molecule has 2 aromatic carbocycles. The number of benzene rings is 2. The lowest BCUT2D eigenvalue weighted by molar-refractivity contribution is 0.849. The second-order valence-electron chi connectivity index (χ2n) is 4.14. The number of rotatable bonds is 3. The molecule has 1 nitrogen and oxygen atoms in total. The fourth-order valence-electron chi connectivity index (χ4n) is 1.89. The van der Waals surface area contributed by atoms with Crippen LogP contribution < -0.4 is 0 Å². The van der Waals surface area contributed by atoms with E-state index in [0.717, 1.165) is 11.1 Å². The van der Waals surface area contributed by atoms with Gasteiger partial charge in [0.2, 0.25) is 0 Å². The van der Waals surface area contributed by atoms with Gasteiger partial charge in [0.25, 0.3) is 0 Å². The first-order valence-electron chi connectivity index (χ1n) is 5.70. The number of hydrogen-bond donors (Lipinski definition) is 0. The van der Waals surface area contributed by atoms with Crippen LogP contribution in [0.2, 0.25) is 15.1 Å². The fourth-order valence-corrected chi connectivity index (χ4v) is 2.64. The first-order chi connectivity index (χ1) is 9.11. The van der Waals surface area contributed by atoms with Gasteiger partial charge < -0.3 is 0 Å². The topological polar surface area (TPSA) is 23.8 Å². The van der Waals surface area contributed by atoms with Gasteiger partial charge in [0.1, 0.15) is 0 Å². The van der Waals surface area contributed by atoms with Crippen molar-refractivity contribution in [2.75, 3.05) is 0 Å². The Morgan fingerprint density at radius 3 is 2.37 bits per heavy atom. The van der Waals surface area contributed by atoms with Gasteiger partial charge in [-0.2, -0.15) is 5.26 Å². The average Bonchev–Trinajstić information content (AvgIpc) is 2.39. The first kappa shape index (κ1) is 14.2. The van der Waals surface area contributed by atoms with Crippen molar-refractivity contribution in [3.8, 4) is 6.07 Å². The normalized spacial score (nSPS) is 11.9. The third-order valence-corrected chi connectivity index (χ3v) is 3.81. The van der Waals surface area contributed by atoms with Gasteiger partial charge in [-0.1, -0.05) is 59.1 Å². The van der Waals surface area contributed by atoms with E-state index in [1.807, 2.05) is 24.3 Å². The molecule has 1 atom stereocenters. The highest BCUT2D eigenvalue weighted by atomic mass is 35.5. The van der Waals surface area contributed by atoms with E-state index in [-0.39, 0.29) is 5.92 Å². The predicted octanol–water partition coefficient (Wildman–Crippen LogP) is 5.50. The minimum Gasteiger partial charge on any atom is -0.198 e. The Balaban J connectivity index is 2.30. The molecule has 0 amide bonds. The molecule has 4 heteroatoms. The summed E-state index contributed by atoms with van der Waals surface area (Å²) in [6.07, 6.45) is 0.510. The molecule has 0 radical (unpaired) electrons. The zero-order chi connectivity index (χ0) is 13.8. The van der Waals surface area contributed by atoms with E-state index in [1.54, 1.807) is 18.2 Å². The molecule has 0 aliphatic rings. The SMILES string of the molecule is N#C[C@H](Cc1ccc(Cl)cc1Cl)c1ccccc1Cl. The maximum Gasteiger partial charge on any atom is 0.0767 e. The van der Waals surface area contributed by atoms with Crippen LogP contribution in [0, 0.1) is 11.3 Å². The molecule has 0 aliphatic carbocycles. The van der Waals surface area contributed by atoms with Crippen LogP contribution in [0.15, 0.2) is 42.5 Å². The van der Waals surface area contributed by atoms with E-state index in [4.69, 9.17) is 34.8 Å². The van der Waals surface area contributed by atoms with Crippen molar-refractivity contribution >= 4 is 34.8 Å². The van der Waals surface area contributed by atoms with Crippen LogP contribution in [0.5, 0.6) is 0 Å². The summed E-state index contributed by atoms with van der Waals surface area (Å²) in [4.78, 5) is 0. The van der Waals surface area contributed by atoms with E-state index in [9.17, 15) is 5.26 Å². The van der Waals surface area contributed by atoms with Crippen LogP contribution in [0.4, 0.5) is 0 Å². The van der Waals surface area contributed by atoms with Crippen molar-refractivity contribution < 1.29 is 0 Å². The molecule has 0 heterocycles. The van der Waals surface area contributed by atoms with Crippen molar-refractivity contribution in [3.63, 3.8) is 0 Å². The Kier molecular flexibility index (Phi) is 4.71. The number of halogens is 3. The maximum absolute atomic E-state index is 9.33. The smallest absolute Gasteiger partial charge is 0.0767 e. The lowest BCUT2D eigenvalue weighted by atomic mass is 9.93. The largest absolute Gasteiger partial charge is 0.198 e. The molecule has 0 fully saturated rings. The Morgan fingerprint density at radius 2 is 1.74 bits per heavy atom. The lowest BCUT2D eigenvalue weighted by Gasteiger charge is -2.12. The Hall–Kier alpha value is -1.20. The van der Waals surface area contributed by atoms with Gasteiger partial charge in [0.05, 0.1) is 12.0 Å². The van der Waals surface area contributed by atoms with Crippen LogP contribution in [0.1, 0.15) is 17.0 Å². The molecule has 0 spiro atoms. The summed E-state index contributed by atoms with van der Waals surface area (Å²) in [5.74, 6) is -0.327. The summed E-state index contributed by atoms with van der Waals surface area (Å²) in [5.41, 5.74) is 1.70. The van der Waals surface area contributed by atoms with E-state index in [2.05, 4.69) is 6.07 Å². The Labute approximate surface area is 127 Å². The second-order valence-corrected chi connectivity index (χ2v) is 5.39. The molecule has 0 aliphatic heterocycles. The van der Waals surface area contributed by atoms with Crippen LogP contribution in [-0.4, -0.2) is 0 Å². The number of nitriles is 1. The minimum absolute atomic E-state index is 0.327. The molecule has 0 saturated carbocycles. The van der Waals surface area contributed by atoms with Crippen molar-refractivity contribution in [2.45, 2.75) is 12.3 Å². The summed E-state index contributed by atoms with van der Waals surface area (Å²) in [6.45, 7) is 0. The molecule has 96 valence electrons. The minimum atomic E-state index is -0.327. The van der Waals surface area contributed by atoms with Crippen LogP contribution in [-0.2, 0) is 6.42 Å². The van der Waals surface area contributed by atoms with Gasteiger partial charge in [-0.3, -0.25) is 0 Å². The molecular formula is C15H10Cl3N. The Morgan fingerprint density at radius 1 is 1.00 bits per heavy atom. The molecule has 19 heavy (non-hydrogen) atoms.